The summed E-state index contributed by atoms with van der Waals surface area (Å²) in [4.78, 5) is 26.9. The second kappa shape index (κ2) is 7.92. The molecule has 2 heterocycles. The molecule has 4 rings (SSSR count). The van der Waals surface area contributed by atoms with Gasteiger partial charge < -0.3 is 15.5 Å². The molecule has 0 saturated carbocycles. The highest BCUT2D eigenvalue weighted by atomic mass is 16.2. The van der Waals surface area contributed by atoms with Gasteiger partial charge in [0, 0.05) is 24.5 Å². The van der Waals surface area contributed by atoms with Crippen LogP contribution in [0.5, 0.6) is 0 Å². The molecule has 2 amide bonds. The van der Waals surface area contributed by atoms with Gasteiger partial charge in [0.15, 0.2) is 0 Å². The van der Waals surface area contributed by atoms with E-state index in [-0.39, 0.29) is 17.7 Å². The standard InChI is InChI=1S/C22H25N3O2/c26-21(25-13-3-5-17-4-1-2-6-20(17)25)14-16-7-9-19(10-8-16)24-22(27)18-11-12-23-15-18/h1-2,4,6-10,18,23H,3,5,11-15H2,(H,24,27). The summed E-state index contributed by atoms with van der Waals surface area (Å²) in [5, 5.41) is 6.17. The van der Waals surface area contributed by atoms with E-state index in [0.29, 0.717) is 6.42 Å². The summed E-state index contributed by atoms with van der Waals surface area (Å²) in [5.41, 5.74) is 4.04. The Morgan fingerprint density at radius 3 is 2.70 bits per heavy atom. The minimum Gasteiger partial charge on any atom is -0.326 e. The van der Waals surface area contributed by atoms with Crippen LogP contribution < -0.4 is 15.5 Å². The maximum absolute atomic E-state index is 12.8. The number of hydrogen-bond acceptors (Lipinski definition) is 3. The maximum atomic E-state index is 12.8. The fourth-order valence-corrected chi connectivity index (χ4v) is 3.89. The zero-order chi connectivity index (χ0) is 18.6. The molecule has 0 radical (unpaired) electrons. The van der Waals surface area contributed by atoms with Crippen LogP contribution in [0.3, 0.4) is 0 Å². The highest BCUT2D eigenvalue weighted by molar-refractivity contribution is 5.96. The number of aryl methyl sites for hydroxylation is 1. The van der Waals surface area contributed by atoms with Crippen LogP contribution in [-0.4, -0.2) is 31.4 Å². The van der Waals surface area contributed by atoms with E-state index in [1.54, 1.807) is 0 Å². The van der Waals surface area contributed by atoms with Crippen molar-refractivity contribution in [3.63, 3.8) is 0 Å². The van der Waals surface area contributed by atoms with E-state index < -0.39 is 0 Å². The molecule has 0 aliphatic carbocycles. The molecule has 5 nitrogen and oxygen atoms in total. The molecule has 1 fully saturated rings. The molecular formula is C22H25N3O2. The first kappa shape index (κ1) is 17.7. The van der Waals surface area contributed by atoms with Gasteiger partial charge in [-0.15, -0.1) is 0 Å². The van der Waals surface area contributed by atoms with Crippen LogP contribution in [0.15, 0.2) is 48.5 Å². The molecular weight excluding hydrogens is 338 g/mol. The lowest BCUT2D eigenvalue weighted by Crippen LogP contribution is -2.36. The molecule has 0 bridgehead atoms. The Kier molecular flexibility index (Phi) is 5.21. The Balaban J connectivity index is 1.38. The van der Waals surface area contributed by atoms with Crippen LogP contribution in [-0.2, 0) is 22.4 Å². The molecule has 0 spiro atoms. The smallest absolute Gasteiger partial charge is 0.231 e. The van der Waals surface area contributed by atoms with E-state index in [4.69, 9.17) is 0 Å². The minimum atomic E-state index is 0.0467. The predicted molar refractivity (Wildman–Crippen MR) is 107 cm³/mol. The number of carbonyl (C=O) groups excluding carboxylic acids is 2. The lowest BCUT2D eigenvalue weighted by atomic mass is 10.0. The first-order chi connectivity index (χ1) is 13.2. The topological polar surface area (TPSA) is 61.4 Å². The fourth-order valence-electron chi connectivity index (χ4n) is 3.89. The molecule has 1 saturated heterocycles. The molecule has 2 aromatic carbocycles. The van der Waals surface area contributed by atoms with Crippen LogP contribution in [0.2, 0.25) is 0 Å². The summed E-state index contributed by atoms with van der Waals surface area (Å²) in [6.07, 6.45) is 3.29. The third kappa shape index (κ3) is 4.03. The Morgan fingerprint density at radius 1 is 1.11 bits per heavy atom. The van der Waals surface area contributed by atoms with Gasteiger partial charge in [0.25, 0.3) is 0 Å². The molecule has 1 atom stereocenters. The average Bonchev–Trinajstić information content (AvgIpc) is 3.24. The second-order valence-corrected chi connectivity index (χ2v) is 7.33. The summed E-state index contributed by atoms with van der Waals surface area (Å²) < 4.78 is 0. The zero-order valence-electron chi connectivity index (χ0n) is 15.4. The lowest BCUT2D eigenvalue weighted by molar-refractivity contribution is -0.119. The molecule has 140 valence electrons. The number of nitrogens with one attached hydrogen (secondary N) is 2. The van der Waals surface area contributed by atoms with Crippen molar-refractivity contribution in [1.29, 1.82) is 0 Å². The molecule has 27 heavy (non-hydrogen) atoms. The number of nitrogens with zero attached hydrogens (tertiary/aromatic N) is 1. The van der Waals surface area contributed by atoms with Gasteiger partial charge in [-0.25, -0.2) is 0 Å². The van der Waals surface area contributed by atoms with Gasteiger partial charge in [-0.1, -0.05) is 30.3 Å². The Labute approximate surface area is 159 Å². The molecule has 2 aromatic rings. The van der Waals surface area contributed by atoms with E-state index in [9.17, 15) is 9.59 Å². The van der Waals surface area contributed by atoms with Crippen LogP contribution in [0.4, 0.5) is 11.4 Å². The van der Waals surface area contributed by atoms with Crippen molar-refractivity contribution >= 4 is 23.2 Å². The van der Waals surface area contributed by atoms with Crippen molar-refractivity contribution in [2.75, 3.05) is 29.9 Å². The number of carbonyl (C=O) groups is 2. The maximum Gasteiger partial charge on any atom is 0.231 e. The van der Waals surface area contributed by atoms with Gasteiger partial charge in [0.05, 0.1) is 12.3 Å². The van der Waals surface area contributed by atoms with Crippen LogP contribution in [0.25, 0.3) is 0 Å². The van der Waals surface area contributed by atoms with Gasteiger partial charge in [0.2, 0.25) is 11.8 Å². The second-order valence-electron chi connectivity index (χ2n) is 7.33. The van der Waals surface area contributed by atoms with Crippen molar-refractivity contribution in [2.24, 2.45) is 5.92 Å². The SMILES string of the molecule is O=C(Nc1ccc(CC(=O)N2CCCc3ccccc32)cc1)C1CCNC1. The number of fused-ring (bicyclic) bond motifs is 1. The predicted octanol–water partition coefficient (Wildman–Crippen LogP) is 2.76. The molecule has 5 heteroatoms. The van der Waals surface area contributed by atoms with Crippen LogP contribution in [0, 0.1) is 5.92 Å². The lowest BCUT2D eigenvalue weighted by Gasteiger charge is -2.29. The van der Waals surface area contributed by atoms with E-state index in [1.165, 1.54) is 5.56 Å². The fraction of sp³-hybridized carbons (Fsp3) is 0.364. The normalized spacial score (nSPS) is 18.8. The van der Waals surface area contributed by atoms with Crippen molar-refractivity contribution in [3.05, 3.63) is 59.7 Å². The summed E-state index contributed by atoms with van der Waals surface area (Å²) >= 11 is 0. The van der Waals surface area contributed by atoms with Crippen LogP contribution >= 0.6 is 0 Å². The molecule has 1 unspecified atom stereocenters. The number of para-hydroxylation sites is 1. The Morgan fingerprint density at radius 2 is 1.93 bits per heavy atom. The summed E-state index contributed by atoms with van der Waals surface area (Å²) in [6.45, 7) is 2.42. The van der Waals surface area contributed by atoms with Gasteiger partial charge in [-0.05, 0) is 55.1 Å². The first-order valence-electron chi connectivity index (χ1n) is 9.69. The van der Waals surface area contributed by atoms with Gasteiger partial charge in [-0.3, -0.25) is 9.59 Å². The molecule has 0 aromatic heterocycles. The van der Waals surface area contributed by atoms with Crippen molar-refractivity contribution in [3.8, 4) is 0 Å². The number of hydrogen-bond donors (Lipinski definition) is 2. The average molecular weight is 363 g/mol. The van der Waals surface area contributed by atoms with Crippen molar-refractivity contribution in [2.45, 2.75) is 25.7 Å². The van der Waals surface area contributed by atoms with Gasteiger partial charge in [-0.2, -0.15) is 0 Å². The Bertz CT molecular complexity index is 826. The largest absolute Gasteiger partial charge is 0.326 e. The number of amides is 2. The summed E-state index contributed by atoms with van der Waals surface area (Å²) in [6, 6.07) is 15.8. The van der Waals surface area contributed by atoms with E-state index >= 15 is 0 Å². The molecule has 2 aliphatic rings. The summed E-state index contributed by atoms with van der Waals surface area (Å²) in [5.74, 6) is 0.232. The number of anilines is 2. The number of benzene rings is 2. The minimum absolute atomic E-state index is 0.0467. The molecule has 2 N–H and O–H groups in total. The zero-order valence-corrected chi connectivity index (χ0v) is 15.4. The molecule has 2 aliphatic heterocycles. The van der Waals surface area contributed by atoms with Gasteiger partial charge in [0.1, 0.15) is 0 Å². The third-order valence-corrected chi connectivity index (χ3v) is 5.42. The quantitative estimate of drug-likeness (QED) is 0.878. The van der Waals surface area contributed by atoms with E-state index in [0.717, 1.165) is 55.8 Å². The third-order valence-electron chi connectivity index (χ3n) is 5.42. The van der Waals surface area contributed by atoms with Gasteiger partial charge >= 0.3 is 0 Å². The Hall–Kier alpha value is -2.66. The first-order valence-corrected chi connectivity index (χ1v) is 9.69. The van der Waals surface area contributed by atoms with Crippen molar-refractivity contribution in [1.82, 2.24) is 5.32 Å². The van der Waals surface area contributed by atoms with E-state index in [1.807, 2.05) is 47.4 Å². The summed E-state index contributed by atoms with van der Waals surface area (Å²) in [7, 11) is 0. The van der Waals surface area contributed by atoms with Crippen LogP contribution in [0.1, 0.15) is 24.0 Å². The monoisotopic (exact) mass is 363 g/mol. The van der Waals surface area contributed by atoms with E-state index in [2.05, 4.69) is 16.7 Å². The highest BCUT2D eigenvalue weighted by Gasteiger charge is 2.23. The highest BCUT2D eigenvalue weighted by Crippen LogP contribution is 2.27. The van der Waals surface area contributed by atoms with Crippen molar-refractivity contribution < 1.29 is 9.59 Å². The number of rotatable bonds is 4.